The fourth-order valence-corrected chi connectivity index (χ4v) is 3.00. The van der Waals surface area contributed by atoms with Crippen molar-refractivity contribution >= 4 is 23.0 Å². The zero-order valence-electron chi connectivity index (χ0n) is 12.4. The van der Waals surface area contributed by atoms with E-state index in [0.29, 0.717) is 4.99 Å². The van der Waals surface area contributed by atoms with Crippen LogP contribution in [0.2, 0.25) is 0 Å². The van der Waals surface area contributed by atoms with E-state index < -0.39 is 0 Å². The molecule has 1 unspecified atom stereocenters. The SMILES string of the molecule is CCCC(C(N)=S)N1CCN(c2cc(C)ccn2)CC1. The fourth-order valence-electron chi connectivity index (χ4n) is 2.73. The van der Waals surface area contributed by atoms with Crippen LogP contribution in [0.1, 0.15) is 25.3 Å². The van der Waals surface area contributed by atoms with Gasteiger partial charge in [0, 0.05) is 32.4 Å². The van der Waals surface area contributed by atoms with Gasteiger partial charge in [0.2, 0.25) is 0 Å². The molecule has 2 N–H and O–H groups in total. The van der Waals surface area contributed by atoms with Crippen molar-refractivity contribution in [2.45, 2.75) is 32.7 Å². The van der Waals surface area contributed by atoms with Crippen LogP contribution < -0.4 is 10.6 Å². The minimum Gasteiger partial charge on any atom is -0.392 e. The summed E-state index contributed by atoms with van der Waals surface area (Å²) >= 11 is 5.21. The summed E-state index contributed by atoms with van der Waals surface area (Å²) in [6, 6.07) is 4.43. The molecule has 2 heterocycles. The molecule has 0 aromatic carbocycles. The highest BCUT2D eigenvalue weighted by molar-refractivity contribution is 7.80. The monoisotopic (exact) mass is 292 g/mol. The van der Waals surface area contributed by atoms with E-state index in [4.69, 9.17) is 18.0 Å². The number of piperazine rings is 1. The second-order valence-corrected chi connectivity index (χ2v) is 5.89. The summed E-state index contributed by atoms with van der Waals surface area (Å²) in [6.45, 7) is 8.25. The summed E-state index contributed by atoms with van der Waals surface area (Å²) in [5.41, 5.74) is 7.14. The fraction of sp³-hybridized carbons (Fsp3) is 0.600. The molecule has 0 aliphatic carbocycles. The molecule has 110 valence electrons. The smallest absolute Gasteiger partial charge is 0.128 e. The summed E-state index contributed by atoms with van der Waals surface area (Å²) in [7, 11) is 0. The first-order valence-corrected chi connectivity index (χ1v) is 7.73. The molecular weight excluding hydrogens is 268 g/mol. The van der Waals surface area contributed by atoms with Gasteiger partial charge in [0.05, 0.1) is 11.0 Å². The molecule has 1 atom stereocenters. The molecule has 1 saturated heterocycles. The van der Waals surface area contributed by atoms with E-state index in [9.17, 15) is 0 Å². The minimum atomic E-state index is 0.252. The molecule has 0 radical (unpaired) electrons. The number of nitrogens with zero attached hydrogens (tertiary/aromatic N) is 3. The third-order valence-corrected chi connectivity index (χ3v) is 4.14. The summed E-state index contributed by atoms with van der Waals surface area (Å²) in [5.74, 6) is 1.08. The van der Waals surface area contributed by atoms with Crippen LogP contribution in [0.25, 0.3) is 0 Å². The zero-order chi connectivity index (χ0) is 14.5. The number of rotatable bonds is 5. The van der Waals surface area contributed by atoms with Gasteiger partial charge in [-0.15, -0.1) is 0 Å². The lowest BCUT2D eigenvalue weighted by atomic mass is 10.1. The topological polar surface area (TPSA) is 45.4 Å². The maximum absolute atomic E-state index is 5.88. The average molecular weight is 292 g/mol. The lowest BCUT2D eigenvalue weighted by Gasteiger charge is -2.39. The van der Waals surface area contributed by atoms with Gasteiger partial charge in [-0.05, 0) is 31.0 Å². The molecule has 5 heteroatoms. The van der Waals surface area contributed by atoms with E-state index in [0.717, 1.165) is 44.8 Å². The molecule has 0 bridgehead atoms. The summed E-state index contributed by atoms with van der Waals surface area (Å²) in [6.07, 6.45) is 4.05. The minimum absolute atomic E-state index is 0.252. The van der Waals surface area contributed by atoms with Crippen LogP contribution in [-0.2, 0) is 0 Å². The van der Waals surface area contributed by atoms with Gasteiger partial charge in [-0.25, -0.2) is 4.98 Å². The van der Waals surface area contributed by atoms with Crippen LogP contribution in [-0.4, -0.2) is 47.1 Å². The van der Waals surface area contributed by atoms with Crippen LogP contribution in [0.3, 0.4) is 0 Å². The first-order valence-electron chi connectivity index (χ1n) is 7.32. The highest BCUT2D eigenvalue weighted by Crippen LogP contribution is 2.17. The normalized spacial score (nSPS) is 18.0. The molecule has 20 heavy (non-hydrogen) atoms. The van der Waals surface area contributed by atoms with Gasteiger partial charge in [0.25, 0.3) is 0 Å². The highest BCUT2D eigenvalue weighted by atomic mass is 32.1. The molecule has 2 rings (SSSR count). The maximum atomic E-state index is 5.88. The Balaban J connectivity index is 1.96. The second-order valence-electron chi connectivity index (χ2n) is 5.42. The van der Waals surface area contributed by atoms with Gasteiger partial charge < -0.3 is 10.6 Å². The molecule has 1 aromatic heterocycles. The van der Waals surface area contributed by atoms with Crippen molar-refractivity contribution in [3.8, 4) is 0 Å². The molecule has 0 saturated carbocycles. The molecule has 1 fully saturated rings. The molecule has 4 nitrogen and oxygen atoms in total. The molecular formula is C15H24N4S. The van der Waals surface area contributed by atoms with Gasteiger partial charge in [-0.1, -0.05) is 25.6 Å². The first-order chi connectivity index (χ1) is 9.61. The molecule has 0 spiro atoms. The van der Waals surface area contributed by atoms with E-state index in [1.54, 1.807) is 0 Å². The third kappa shape index (κ3) is 3.67. The average Bonchev–Trinajstić information content (AvgIpc) is 2.45. The first kappa shape index (κ1) is 15.2. The predicted octanol–water partition coefficient (Wildman–Crippen LogP) is 1.97. The van der Waals surface area contributed by atoms with Gasteiger partial charge in [0.15, 0.2) is 0 Å². The van der Waals surface area contributed by atoms with Gasteiger partial charge in [-0.2, -0.15) is 0 Å². The number of aromatic nitrogens is 1. The second kappa shape index (κ2) is 6.99. The van der Waals surface area contributed by atoms with Gasteiger partial charge >= 0.3 is 0 Å². The molecule has 1 aliphatic rings. The van der Waals surface area contributed by atoms with Crippen molar-refractivity contribution < 1.29 is 0 Å². The Hall–Kier alpha value is -1.20. The highest BCUT2D eigenvalue weighted by Gasteiger charge is 2.25. The van der Waals surface area contributed by atoms with E-state index in [1.807, 2.05) is 12.3 Å². The van der Waals surface area contributed by atoms with E-state index >= 15 is 0 Å². The lowest BCUT2D eigenvalue weighted by Crippen LogP contribution is -2.53. The number of nitrogens with two attached hydrogens (primary N) is 1. The van der Waals surface area contributed by atoms with Gasteiger partial charge in [0.1, 0.15) is 5.82 Å². The molecule has 1 aromatic rings. The van der Waals surface area contributed by atoms with Crippen LogP contribution in [0.15, 0.2) is 18.3 Å². The molecule has 0 amide bonds. The zero-order valence-corrected chi connectivity index (χ0v) is 13.2. The number of aryl methyl sites for hydroxylation is 1. The van der Waals surface area contributed by atoms with Crippen LogP contribution in [0.5, 0.6) is 0 Å². The van der Waals surface area contributed by atoms with Crippen molar-refractivity contribution in [2.24, 2.45) is 5.73 Å². The van der Waals surface area contributed by atoms with Crippen molar-refractivity contribution in [1.29, 1.82) is 0 Å². The van der Waals surface area contributed by atoms with E-state index in [-0.39, 0.29) is 6.04 Å². The Morgan fingerprint density at radius 1 is 1.40 bits per heavy atom. The summed E-state index contributed by atoms with van der Waals surface area (Å²) in [5, 5.41) is 0. The Bertz CT molecular complexity index is 455. The van der Waals surface area contributed by atoms with Crippen LogP contribution in [0, 0.1) is 6.92 Å². The standard InChI is InChI=1S/C15H24N4S/c1-3-4-13(15(16)20)18-7-9-19(10-8-18)14-11-12(2)5-6-17-14/h5-6,11,13H,3-4,7-10H2,1-2H3,(H2,16,20). The van der Waals surface area contributed by atoms with Crippen molar-refractivity contribution in [3.05, 3.63) is 23.9 Å². The third-order valence-electron chi connectivity index (χ3n) is 3.87. The number of hydrogen-bond acceptors (Lipinski definition) is 4. The van der Waals surface area contributed by atoms with Gasteiger partial charge in [-0.3, -0.25) is 4.90 Å². The Morgan fingerprint density at radius 2 is 2.10 bits per heavy atom. The van der Waals surface area contributed by atoms with Crippen LogP contribution in [0.4, 0.5) is 5.82 Å². The summed E-state index contributed by atoms with van der Waals surface area (Å²) in [4.78, 5) is 9.85. The largest absolute Gasteiger partial charge is 0.392 e. The van der Waals surface area contributed by atoms with Crippen molar-refractivity contribution in [2.75, 3.05) is 31.1 Å². The van der Waals surface area contributed by atoms with Crippen LogP contribution >= 0.6 is 12.2 Å². The Kier molecular flexibility index (Phi) is 5.31. The van der Waals surface area contributed by atoms with Crippen molar-refractivity contribution in [1.82, 2.24) is 9.88 Å². The lowest BCUT2D eigenvalue weighted by molar-refractivity contribution is 0.219. The summed E-state index contributed by atoms with van der Waals surface area (Å²) < 4.78 is 0. The van der Waals surface area contributed by atoms with E-state index in [2.05, 4.69) is 34.7 Å². The molecule has 1 aliphatic heterocycles. The Labute approximate surface area is 127 Å². The van der Waals surface area contributed by atoms with E-state index in [1.165, 1.54) is 5.56 Å². The Morgan fingerprint density at radius 3 is 2.65 bits per heavy atom. The quantitative estimate of drug-likeness (QED) is 0.841. The predicted molar refractivity (Wildman–Crippen MR) is 88.2 cm³/mol. The maximum Gasteiger partial charge on any atom is 0.128 e. The number of pyridine rings is 1. The number of anilines is 1. The number of hydrogen-bond donors (Lipinski definition) is 1. The van der Waals surface area contributed by atoms with Crippen molar-refractivity contribution in [3.63, 3.8) is 0 Å². The number of thiocarbonyl (C=S) groups is 1.